The molecule has 0 aliphatic carbocycles. The molecule has 0 saturated carbocycles. The Hall–Kier alpha value is -2.12. The predicted octanol–water partition coefficient (Wildman–Crippen LogP) is 1.93. The fourth-order valence-corrected chi connectivity index (χ4v) is 1.23. The van der Waals surface area contributed by atoms with Gasteiger partial charge in [-0.15, -0.1) is 0 Å². The first-order chi connectivity index (χ1) is 7.36. The Morgan fingerprint density at radius 1 is 1.62 bits per heavy atom. The van der Waals surface area contributed by atoms with Gasteiger partial charge in [-0.2, -0.15) is 0 Å². The number of carboxylic acids is 1. The lowest BCUT2D eigenvalue weighted by Gasteiger charge is -2.07. The molecule has 1 aromatic rings. The van der Waals surface area contributed by atoms with Crippen LogP contribution < -0.4 is 0 Å². The molecule has 0 spiro atoms. The average molecular weight is 232 g/mol. The van der Waals surface area contributed by atoms with Crippen LogP contribution in [0, 0.1) is 17.0 Å². The molecule has 0 aliphatic rings. The minimum absolute atomic E-state index is 0.382. The SMILES string of the molecule is Cc1c([N+](=O)[O-])cnc(C(=O)O)c1C(F)F. The number of carbonyl (C=O) groups is 1. The van der Waals surface area contributed by atoms with Crippen molar-refractivity contribution in [2.75, 3.05) is 0 Å². The normalized spacial score (nSPS) is 10.5. The summed E-state index contributed by atoms with van der Waals surface area (Å²) in [7, 11) is 0. The second-order valence-corrected chi connectivity index (χ2v) is 2.89. The molecule has 0 unspecified atom stereocenters. The van der Waals surface area contributed by atoms with Crippen molar-refractivity contribution in [3.63, 3.8) is 0 Å². The van der Waals surface area contributed by atoms with Crippen molar-refractivity contribution in [3.8, 4) is 0 Å². The Morgan fingerprint density at radius 2 is 2.19 bits per heavy atom. The van der Waals surface area contributed by atoms with Crippen molar-refractivity contribution in [2.45, 2.75) is 13.3 Å². The number of rotatable bonds is 3. The first-order valence-corrected chi connectivity index (χ1v) is 4.01. The van der Waals surface area contributed by atoms with E-state index in [0.717, 1.165) is 6.92 Å². The lowest BCUT2D eigenvalue weighted by molar-refractivity contribution is -0.385. The molecule has 86 valence electrons. The van der Waals surface area contributed by atoms with Gasteiger partial charge < -0.3 is 5.11 Å². The van der Waals surface area contributed by atoms with Gasteiger partial charge in [0.15, 0.2) is 5.69 Å². The second kappa shape index (κ2) is 4.17. The number of alkyl halides is 2. The van der Waals surface area contributed by atoms with Gasteiger partial charge in [0, 0.05) is 5.56 Å². The van der Waals surface area contributed by atoms with Gasteiger partial charge in [-0.3, -0.25) is 10.1 Å². The van der Waals surface area contributed by atoms with E-state index in [1.807, 2.05) is 0 Å². The van der Waals surface area contributed by atoms with Crippen LogP contribution in [0.3, 0.4) is 0 Å². The predicted molar refractivity (Wildman–Crippen MR) is 47.5 cm³/mol. The average Bonchev–Trinajstić information content (AvgIpc) is 2.15. The molecule has 0 fully saturated rings. The van der Waals surface area contributed by atoms with E-state index in [9.17, 15) is 23.7 Å². The van der Waals surface area contributed by atoms with E-state index >= 15 is 0 Å². The highest BCUT2D eigenvalue weighted by Gasteiger charge is 2.27. The van der Waals surface area contributed by atoms with Crippen LogP contribution in [0.5, 0.6) is 0 Å². The van der Waals surface area contributed by atoms with Gasteiger partial charge in [-0.05, 0) is 6.92 Å². The molecule has 0 amide bonds. The standard InChI is InChI=1S/C8H6F2N2O4/c1-3-4(12(15)16)2-11-6(8(13)14)5(3)7(9)10/h2,7H,1H3,(H,13,14). The number of carboxylic acid groups (broad SMARTS) is 1. The fourth-order valence-electron chi connectivity index (χ4n) is 1.23. The molecule has 1 N–H and O–H groups in total. The molecule has 6 nitrogen and oxygen atoms in total. The van der Waals surface area contributed by atoms with E-state index in [2.05, 4.69) is 4.98 Å². The van der Waals surface area contributed by atoms with E-state index in [0.29, 0.717) is 6.20 Å². The van der Waals surface area contributed by atoms with Crippen LogP contribution >= 0.6 is 0 Å². The van der Waals surface area contributed by atoms with Crippen LogP contribution in [0.15, 0.2) is 6.20 Å². The smallest absolute Gasteiger partial charge is 0.355 e. The molecule has 1 heterocycles. The largest absolute Gasteiger partial charge is 0.476 e. The van der Waals surface area contributed by atoms with Crippen LogP contribution in [0.1, 0.15) is 28.0 Å². The molecule has 1 rings (SSSR count). The minimum atomic E-state index is -3.13. The number of hydrogen-bond acceptors (Lipinski definition) is 4. The maximum atomic E-state index is 12.6. The fraction of sp³-hybridized carbons (Fsp3) is 0.250. The van der Waals surface area contributed by atoms with Crippen molar-refractivity contribution in [1.29, 1.82) is 0 Å². The molecule has 16 heavy (non-hydrogen) atoms. The van der Waals surface area contributed by atoms with Crippen molar-refractivity contribution < 1.29 is 23.6 Å². The first kappa shape index (κ1) is 12.0. The topological polar surface area (TPSA) is 93.3 Å². The van der Waals surface area contributed by atoms with Crippen LogP contribution in [-0.4, -0.2) is 21.0 Å². The van der Waals surface area contributed by atoms with E-state index < -0.39 is 34.3 Å². The lowest BCUT2D eigenvalue weighted by atomic mass is 10.1. The molecular weight excluding hydrogens is 226 g/mol. The molecule has 1 aromatic heterocycles. The minimum Gasteiger partial charge on any atom is -0.476 e. The zero-order valence-corrected chi connectivity index (χ0v) is 7.98. The van der Waals surface area contributed by atoms with E-state index in [1.165, 1.54) is 0 Å². The van der Waals surface area contributed by atoms with Crippen molar-refractivity contribution >= 4 is 11.7 Å². The maximum Gasteiger partial charge on any atom is 0.355 e. The summed E-state index contributed by atoms with van der Waals surface area (Å²) < 4.78 is 25.1. The highest BCUT2D eigenvalue weighted by Crippen LogP contribution is 2.30. The molecular formula is C8H6F2N2O4. The zero-order chi connectivity index (χ0) is 12.5. The monoisotopic (exact) mass is 232 g/mol. The van der Waals surface area contributed by atoms with E-state index in [4.69, 9.17) is 5.11 Å². The molecule has 0 aromatic carbocycles. The summed E-state index contributed by atoms with van der Waals surface area (Å²) in [6, 6.07) is 0. The van der Waals surface area contributed by atoms with Gasteiger partial charge in [0.1, 0.15) is 6.20 Å². The third kappa shape index (κ3) is 1.95. The van der Waals surface area contributed by atoms with Gasteiger partial charge in [-0.25, -0.2) is 18.6 Å². The summed E-state index contributed by atoms with van der Waals surface area (Å²) in [5.41, 5.74) is -2.78. The number of hydrogen-bond donors (Lipinski definition) is 1. The number of aromatic carboxylic acids is 1. The zero-order valence-electron chi connectivity index (χ0n) is 7.98. The number of nitro groups is 1. The third-order valence-electron chi connectivity index (χ3n) is 1.98. The lowest BCUT2D eigenvalue weighted by Crippen LogP contribution is -2.10. The van der Waals surface area contributed by atoms with E-state index in [1.54, 1.807) is 0 Å². The quantitative estimate of drug-likeness (QED) is 0.634. The third-order valence-corrected chi connectivity index (χ3v) is 1.98. The summed E-state index contributed by atoms with van der Waals surface area (Å²) >= 11 is 0. The van der Waals surface area contributed by atoms with Crippen LogP contribution in [-0.2, 0) is 0 Å². The summed E-state index contributed by atoms with van der Waals surface area (Å²) in [4.78, 5) is 23.3. The van der Waals surface area contributed by atoms with Gasteiger partial charge in [-0.1, -0.05) is 0 Å². The number of nitrogens with zero attached hydrogens (tertiary/aromatic N) is 2. The van der Waals surface area contributed by atoms with Crippen LogP contribution in [0.4, 0.5) is 14.5 Å². The summed E-state index contributed by atoms with van der Waals surface area (Å²) in [6.07, 6.45) is -2.47. The molecule has 0 aliphatic heterocycles. The molecule has 8 heteroatoms. The Bertz CT molecular complexity index is 462. The Kier molecular flexibility index (Phi) is 3.11. The first-order valence-electron chi connectivity index (χ1n) is 4.01. The molecule has 0 radical (unpaired) electrons. The Morgan fingerprint density at radius 3 is 2.56 bits per heavy atom. The molecule has 0 bridgehead atoms. The Balaban J connectivity index is 3.54. The highest BCUT2D eigenvalue weighted by molar-refractivity contribution is 5.88. The van der Waals surface area contributed by atoms with Gasteiger partial charge >= 0.3 is 5.97 Å². The molecule has 0 atom stereocenters. The van der Waals surface area contributed by atoms with Crippen molar-refractivity contribution in [3.05, 3.63) is 33.1 Å². The molecule has 0 saturated heterocycles. The van der Waals surface area contributed by atoms with Crippen molar-refractivity contribution in [2.24, 2.45) is 0 Å². The van der Waals surface area contributed by atoms with Gasteiger partial charge in [0.25, 0.3) is 12.1 Å². The van der Waals surface area contributed by atoms with Gasteiger partial charge in [0.2, 0.25) is 0 Å². The summed E-state index contributed by atoms with van der Waals surface area (Å²) in [5.74, 6) is -1.65. The van der Waals surface area contributed by atoms with E-state index in [-0.39, 0.29) is 5.56 Å². The number of pyridine rings is 1. The number of halogens is 2. The number of aromatic nitrogens is 1. The second-order valence-electron chi connectivity index (χ2n) is 2.89. The van der Waals surface area contributed by atoms with Gasteiger partial charge in [0.05, 0.1) is 10.5 Å². The van der Waals surface area contributed by atoms with Crippen LogP contribution in [0.25, 0.3) is 0 Å². The summed E-state index contributed by atoms with van der Waals surface area (Å²) in [5, 5.41) is 19.1. The van der Waals surface area contributed by atoms with Crippen molar-refractivity contribution in [1.82, 2.24) is 4.98 Å². The Labute approximate surface area is 87.7 Å². The maximum absolute atomic E-state index is 12.6. The van der Waals surface area contributed by atoms with Crippen LogP contribution in [0.2, 0.25) is 0 Å². The highest BCUT2D eigenvalue weighted by atomic mass is 19.3. The summed E-state index contributed by atoms with van der Waals surface area (Å²) in [6.45, 7) is 1.06.